The van der Waals surface area contributed by atoms with Crippen molar-refractivity contribution in [2.24, 2.45) is 0 Å². The van der Waals surface area contributed by atoms with Gasteiger partial charge in [0.1, 0.15) is 5.65 Å². The van der Waals surface area contributed by atoms with Crippen LogP contribution in [0.1, 0.15) is 44.9 Å². The van der Waals surface area contributed by atoms with Gasteiger partial charge < -0.3 is 19.4 Å². The molecule has 1 saturated heterocycles. The summed E-state index contributed by atoms with van der Waals surface area (Å²) in [4.78, 5) is 22.2. The van der Waals surface area contributed by atoms with Crippen LogP contribution < -0.4 is 10.3 Å². The minimum absolute atomic E-state index is 0.0335. The number of H-pyrrole nitrogens is 1. The number of fused-ring (bicyclic) bond motifs is 4. The molecule has 0 atom stereocenters. The Bertz CT molecular complexity index is 1550. The van der Waals surface area contributed by atoms with Crippen molar-refractivity contribution in [3.63, 3.8) is 0 Å². The van der Waals surface area contributed by atoms with E-state index in [0.29, 0.717) is 10.9 Å². The average molecular weight is 454 g/mol. The lowest BCUT2D eigenvalue weighted by Gasteiger charge is -2.35. The molecule has 3 heterocycles. The number of benzene rings is 2. The van der Waals surface area contributed by atoms with Gasteiger partial charge in [0, 0.05) is 54.2 Å². The summed E-state index contributed by atoms with van der Waals surface area (Å²) >= 11 is 0. The molecular weight excluding hydrogens is 422 g/mol. The van der Waals surface area contributed by atoms with Gasteiger partial charge in [0.05, 0.1) is 22.5 Å². The molecule has 2 aromatic carbocycles. The third-order valence-electron chi connectivity index (χ3n) is 6.83. The van der Waals surface area contributed by atoms with E-state index in [4.69, 9.17) is 0 Å². The first-order valence-electron chi connectivity index (χ1n) is 11.9. The molecule has 0 amide bonds. The standard InChI is InChI=1S/C28H31N5O/c1-17(2)12-20-14-22-25(15-24(20)32-10-8-31(5)9-11-32)33(18(3)4)28-26(27(22)34)21-7-6-19(16-29)13-23(21)30-28/h6-7,12-15,18,30H,8-11H2,1-5H3. The molecule has 174 valence electrons. The molecule has 0 spiro atoms. The maximum Gasteiger partial charge on any atom is 0.199 e. The van der Waals surface area contributed by atoms with Gasteiger partial charge in [-0.3, -0.25) is 4.79 Å². The Labute approximate surface area is 199 Å². The zero-order valence-corrected chi connectivity index (χ0v) is 20.6. The first kappa shape index (κ1) is 22.2. The maximum absolute atomic E-state index is 13.9. The fourth-order valence-corrected chi connectivity index (χ4v) is 5.18. The maximum atomic E-state index is 13.9. The number of pyridine rings is 1. The third kappa shape index (κ3) is 3.57. The van der Waals surface area contributed by atoms with E-state index in [2.05, 4.69) is 78.4 Å². The van der Waals surface area contributed by atoms with Gasteiger partial charge in [-0.25, -0.2) is 0 Å². The summed E-state index contributed by atoms with van der Waals surface area (Å²) < 4.78 is 2.24. The summed E-state index contributed by atoms with van der Waals surface area (Å²) in [6.07, 6.45) is 2.19. The molecule has 6 nitrogen and oxygen atoms in total. The van der Waals surface area contributed by atoms with Crippen LogP contribution in [-0.2, 0) is 0 Å². The minimum atomic E-state index is 0.0335. The summed E-state index contributed by atoms with van der Waals surface area (Å²) in [5.74, 6) is 0. The van der Waals surface area contributed by atoms with Crippen LogP contribution >= 0.6 is 0 Å². The minimum Gasteiger partial charge on any atom is -0.368 e. The van der Waals surface area contributed by atoms with Gasteiger partial charge in [0.15, 0.2) is 5.43 Å². The van der Waals surface area contributed by atoms with Gasteiger partial charge in [-0.2, -0.15) is 5.26 Å². The Morgan fingerprint density at radius 1 is 1.09 bits per heavy atom. The second-order valence-corrected chi connectivity index (χ2v) is 9.95. The smallest absolute Gasteiger partial charge is 0.199 e. The Morgan fingerprint density at radius 2 is 1.82 bits per heavy atom. The Kier molecular flexibility index (Phi) is 5.45. The first-order valence-corrected chi connectivity index (χ1v) is 11.9. The molecule has 34 heavy (non-hydrogen) atoms. The predicted molar refractivity (Wildman–Crippen MR) is 142 cm³/mol. The van der Waals surface area contributed by atoms with Crippen LogP contribution in [0.3, 0.4) is 0 Å². The van der Waals surface area contributed by atoms with Crippen molar-refractivity contribution in [1.29, 1.82) is 5.26 Å². The van der Waals surface area contributed by atoms with Crippen molar-refractivity contribution < 1.29 is 0 Å². The van der Waals surface area contributed by atoms with E-state index >= 15 is 0 Å². The normalized spacial score (nSPS) is 14.9. The fraction of sp³-hybridized carbons (Fsp3) is 0.357. The number of piperazine rings is 1. The van der Waals surface area contributed by atoms with Crippen molar-refractivity contribution in [3.8, 4) is 6.07 Å². The monoisotopic (exact) mass is 453 g/mol. The molecular formula is C28H31N5O. The summed E-state index contributed by atoms with van der Waals surface area (Å²) in [7, 11) is 2.16. The van der Waals surface area contributed by atoms with E-state index in [1.807, 2.05) is 12.1 Å². The summed E-state index contributed by atoms with van der Waals surface area (Å²) in [5, 5.41) is 11.6. The highest BCUT2D eigenvalue weighted by Crippen LogP contribution is 2.34. The van der Waals surface area contributed by atoms with Gasteiger partial charge in [0.25, 0.3) is 0 Å². The second kappa shape index (κ2) is 8.34. The molecule has 6 heteroatoms. The Morgan fingerprint density at radius 3 is 2.47 bits per heavy atom. The number of hydrogen-bond acceptors (Lipinski definition) is 4. The molecule has 0 radical (unpaired) electrons. The molecule has 1 aliphatic rings. The number of aromatic nitrogens is 2. The van der Waals surface area contributed by atoms with Crippen LogP contribution in [0.25, 0.3) is 38.9 Å². The largest absolute Gasteiger partial charge is 0.368 e. The summed E-state index contributed by atoms with van der Waals surface area (Å²) in [5.41, 5.74) is 6.67. The molecule has 2 aromatic heterocycles. The van der Waals surface area contributed by atoms with E-state index in [1.165, 1.54) is 11.3 Å². The van der Waals surface area contributed by atoms with Crippen molar-refractivity contribution in [2.45, 2.75) is 33.7 Å². The third-order valence-corrected chi connectivity index (χ3v) is 6.83. The lowest BCUT2D eigenvalue weighted by atomic mass is 10.0. The van der Waals surface area contributed by atoms with Crippen LogP contribution in [-0.4, -0.2) is 47.7 Å². The van der Waals surface area contributed by atoms with E-state index in [9.17, 15) is 10.1 Å². The molecule has 0 bridgehead atoms. The van der Waals surface area contributed by atoms with E-state index in [-0.39, 0.29) is 11.5 Å². The highest BCUT2D eigenvalue weighted by atomic mass is 16.1. The number of rotatable bonds is 3. The van der Waals surface area contributed by atoms with Crippen LogP contribution in [0.5, 0.6) is 0 Å². The SMILES string of the molecule is CC(C)=Cc1cc2c(=O)c3c4ccc(C#N)cc4[nH]c3n(C(C)C)c2cc1N1CCN(C)CC1. The van der Waals surface area contributed by atoms with Gasteiger partial charge in [0.2, 0.25) is 0 Å². The Balaban J connectivity index is 1.89. The van der Waals surface area contributed by atoms with Crippen molar-refractivity contribution in [1.82, 2.24) is 14.5 Å². The molecule has 4 aromatic rings. The van der Waals surface area contributed by atoms with Crippen LogP contribution in [0.2, 0.25) is 0 Å². The highest BCUT2D eigenvalue weighted by Gasteiger charge is 2.22. The van der Waals surface area contributed by atoms with Gasteiger partial charge in [-0.15, -0.1) is 0 Å². The van der Waals surface area contributed by atoms with Crippen molar-refractivity contribution >= 4 is 44.6 Å². The number of hydrogen-bond donors (Lipinski definition) is 1. The topological polar surface area (TPSA) is 68.1 Å². The number of allylic oxidation sites excluding steroid dienone is 1. The fourth-order valence-electron chi connectivity index (χ4n) is 5.18. The van der Waals surface area contributed by atoms with E-state index in [0.717, 1.165) is 59.2 Å². The van der Waals surface area contributed by atoms with Crippen LogP contribution in [0.15, 0.2) is 40.7 Å². The molecule has 1 N–H and O–H groups in total. The molecule has 0 saturated carbocycles. The zero-order valence-electron chi connectivity index (χ0n) is 20.6. The quantitative estimate of drug-likeness (QED) is 0.459. The average Bonchev–Trinajstić information content (AvgIpc) is 3.17. The second-order valence-electron chi connectivity index (χ2n) is 9.95. The number of nitrogens with zero attached hydrogens (tertiary/aromatic N) is 4. The molecule has 1 aliphatic heterocycles. The number of anilines is 1. The van der Waals surface area contributed by atoms with Gasteiger partial charge >= 0.3 is 0 Å². The highest BCUT2D eigenvalue weighted by molar-refractivity contribution is 6.10. The summed E-state index contributed by atoms with van der Waals surface area (Å²) in [6.45, 7) is 12.5. The first-order chi connectivity index (χ1) is 16.3. The van der Waals surface area contributed by atoms with E-state index in [1.54, 1.807) is 6.07 Å². The Hall–Kier alpha value is -3.56. The van der Waals surface area contributed by atoms with Gasteiger partial charge in [-0.1, -0.05) is 17.7 Å². The number of nitriles is 1. The lowest BCUT2D eigenvalue weighted by molar-refractivity contribution is 0.313. The predicted octanol–water partition coefficient (Wildman–Crippen LogP) is 5.26. The number of likely N-dealkylation sites (N-methyl/N-ethyl adjacent to an activating group) is 1. The van der Waals surface area contributed by atoms with E-state index < -0.39 is 0 Å². The summed E-state index contributed by atoms with van der Waals surface area (Å²) in [6, 6.07) is 12.1. The molecule has 5 rings (SSSR count). The zero-order chi connectivity index (χ0) is 24.1. The number of aromatic amines is 1. The molecule has 0 unspecified atom stereocenters. The molecule has 1 fully saturated rings. The molecule has 0 aliphatic carbocycles. The van der Waals surface area contributed by atoms with Crippen molar-refractivity contribution in [3.05, 3.63) is 57.3 Å². The van der Waals surface area contributed by atoms with Crippen LogP contribution in [0.4, 0.5) is 5.69 Å². The van der Waals surface area contributed by atoms with Gasteiger partial charge in [-0.05, 0) is 64.6 Å². The van der Waals surface area contributed by atoms with Crippen molar-refractivity contribution in [2.75, 3.05) is 38.1 Å². The van der Waals surface area contributed by atoms with Crippen LogP contribution in [0, 0.1) is 11.3 Å². The lowest BCUT2D eigenvalue weighted by Crippen LogP contribution is -2.44. The number of nitrogens with one attached hydrogen (secondary N) is 1.